The van der Waals surface area contributed by atoms with Gasteiger partial charge in [0.15, 0.2) is 0 Å². The first-order valence-corrected chi connectivity index (χ1v) is 8.16. The molecule has 1 aliphatic rings. The molecule has 1 heterocycles. The first-order valence-electron chi connectivity index (χ1n) is 5.80. The molecule has 0 saturated carbocycles. The fourth-order valence-electron chi connectivity index (χ4n) is 1.68. The van der Waals surface area contributed by atoms with Gasteiger partial charge in [-0.25, -0.2) is 13.1 Å². The van der Waals surface area contributed by atoms with Crippen LogP contribution >= 0.6 is 11.9 Å². The molecule has 0 aromatic heterocycles. The van der Waals surface area contributed by atoms with Crippen LogP contribution in [0.25, 0.3) is 0 Å². The normalized spacial score (nSPS) is 16.1. The Balaban J connectivity index is 2.42. The lowest BCUT2D eigenvalue weighted by Gasteiger charge is -2.23. The van der Waals surface area contributed by atoms with Crippen molar-refractivity contribution >= 4 is 27.7 Å². The summed E-state index contributed by atoms with van der Waals surface area (Å²) in [5, 5.41) is 3.53. The molecule has 0 amide bonds. The molecule has 1 aliphatic heterocycles. The maximum Gasteiger partial charge on any atom is 0.243 e. The van der Waals surface area contributed by atoms with E-state index in [0.717, 1.165) is 0 Å². The number of nitrogens with one attached hydrogen (secondary N) is 2. The summed E-state index contributed by atoms with van der Waals surface area (Å²) in [5.74, 6) is 0. The van der Waals surface area contributed by atoms with Crippen LogP contribution in [0.2, 0.25) is 0 Å². The molecule has 1 aromatic carbocycles. The molecule has 104 valence electrons. The molecule has 0 bridgehead atoms. The van der Waals surface area contributed by atoms with Crippen molar-refractivity contribution in [1.29, 1.82) is 0 Å². The minimum absolute atomic E-state index is 0.254. The van der Waals surface area contributed by atoms with E-state index in [2.05, 4.69) is 9.55 Å². The van der Waals surface area contributed by atoms with Gasteiger partial charge in [-0.1, -0.05) is 12.1 Å². The molecule has 0 fully saturated rings. The van der Waals surface area contributed by atoms with E-state index in [-0.39, 0.29) is 4.90 Å². The first-order chi connectivity index (χ1) is 8.80. The predicted octanol–water partition coefficient (Wildman–Crippen LogP) is 2.21. The Hall–Kier alpha value is -1.02. The van der Waals surface area contributed by atoms with E-state index in [1.165, 1.54) is 11.9 Å². The number of anilines is 1. The maximum absolute atomic E-state index is 12.4. The average molecular weight is 299 g/mol. The van der Waals surface area contributed by atoms with Crippen LogP contribution in [-0.4, -0.2) is 14.0 Å². The van der Waals surface area contributed by atoms with Gasteiger partial charge in [-0.3, -0.25) is 5.01 Å². The number of hydrogen-bond donors (Lipinski definition) is 2. The minimum atomic E-state index is -3.56. The Labute approximate surface area is 118 Å². The van der Waals surface area contributed by atoms with Crippen molar-refractivity contribution in [3.8, 4) is 0 Å². The van der Waals surface area contributed by atoms with E-state index in [9.17, 15) is 8.42 Å². The molecule has 7 heteroatoms. The highest BCUT2D eigenvalue weighted by atomic mass is 32.2. The van der Waals surface area contributed by atoms with Crippen molar-refractivity contribution in [3.05, 3.63) is 35.9 Å². The summed E-state index contributed by atoms with van der Waals surface area (Å²) in [6, 6.07) is 6.89. The third kappa shape index (κ3) is 3.50. The summed E-state index contributed by atoms with van der Waals surface area (Å²) in [4.78, 5) is 3.25. The number of hydrogen-bond acceptors (Lipinski definition) is 5. The van der Waals surface area contributed by atoms with Crippen molar-refractivity contribution in [2.75, 3.05) is 5.01 Å². The van der Waals surface area contributed by atoms with Gasteiger partial charge in [-0.15, -0.1) is 0 Å². The van der Waals surface area contributed by atoms with Gasteiger partial charge in [-0.2, -0.15) is 4.83 Å². The predicted molar refractivity (Wildman–Crippen MR) is 78.9 cm³/mol. The van der Waals surface area contributed by atoms with E-state index >= 15 is 0 Å². The molecule has 0 radical (unpaired) electrons. The zero-order valence-corrected chi connectivity index (χ0v) is 12.7. The van der Waals surface area contributed by atoms with E-state index < -0.39 is 15.6 Å². The van der Waals surface area contributed by atoms with Crippen molar-refractivity contribution < 1.29 is 8.42 Å². The average Bonchev–Trinajstić information content (AvgIpc) is 2.79. The summed E-state index contributed by atoms with van der Waals surface area (Å²) in [6.07, 6.45) is 1.79. The van der Waals surface area contributed by atoms with Gasteiger partial charge >= 0.3 is 0 Å². The number of nitrogens with zero attached hydrogens (tertiary/aromatic N) is 1. The molecule has 2 N–H and O–H groups in total. The van der Waals surface area contributed by atoms with Gasteiger partial charge in [0.25, 0.3) is 0 Å². The number of para-hydroxylation sites is 1. The van der Waals surface area contributed by atoms with Crippen LogP contribution in [-0.2, 0) is 10.0 Å². The van der Waals surface area contributed by atoms with Gasteiger partial charge in [0.1, 0.15) is 4.90 Å². The Kier molecular flexibility index (Phi) is 3.91. The SMILES string of the molecule is CC(C)(C)NS(=O)(=O)c1ccccc1N1C=CSN1. The molecule has 5 nitrogen and oxygen atoms in total. The van der Waals surface area contributed by atoms with E-state index in [1.807, 2.05) is 32.2 Å². The lowest BCUT2D eigenvalue weighted by atomic mass is 10.1. The summed E-state index contributed by atoms with van der Waals surface area (Å²) < 4.78 is 27.5. The van der Waals surface area contributed by atoms with Crippen molar-refractivity contribution in [3.63, 3.8) is 0 Å². The summed E-state index contributed by atoms with van der Waals surface area (Å²) >= 11 is 1.39. The zero-order chi connectivity index (χ0) is 14.1. The van der Waals surface area contributed by atoms with Gasteiger partial charge in [0.2, 0.25) is 10.0 Å². The van der Waals surface area contributed by atoms with Crippen molar-refractivity contribution in [1.82, 2.24) is 9.55 Å². The first kappa shape index (κ1) is 14.4. The van der Waals surface area contributed by atoms with Crippen molar-refractivity contribution in [2.45, 2.75) is 31.2 Å². The van der Waals surface area contributed by atoms with Gasteiger partial charge < -0.3 is 0 Å². The Morgan fingerprint density at radius 1 is 1.26 bits per heavy atom. The second kappa shape index (κ2) is 5.16. The number of rotatable bonds is 3. The van der Waals surface area contributed by atoms with Crippen LogP contribution < -0.4 is 14.6 Å². The monoisotopic (exact) mass is 299 g/mol. The fraction of sp³-hybridized carbons (Fsp3) is 0.333. The highest BCUT2D eigenvalue weighted by Gasteiger charge is 2.26. The second-order valence-corrected chi connectivity index (χ2v) is 7.53. The smallest absolute Gasteiger partial charge is 0.243 e. The van der Waals surface area contributed by atoms with E-state index in [1.54, 1.807) is 29.4 Å². The van der Waals surface area contributed by atoms with Crippen LogP contribution in [0.4, 0.5) is 5.69 Å². The van der Waals surface area contributed by atoms with Crippen LogP contribution in [0.1, 0.15) is 20.8 Å². The molecule has 0 aliphatic carbocycles. The van der Waals surface area contributed by atoms with Crippen LogP contribution in [0.15, 0.2) is 40.8 Å². The van der Waals surface area contributed by atoms with Crippen LogP contribution in [0.5, 0.6) is 0 Å². The molecule has 1 aromatic rings. The van der Waals surface area contributed by atoms with Gasteiger partial charge in [0.05, 0.1) is 5.69 Å². The summed E-state index contributed by atoms with van der Waals surface area (Å²) in [5.41, 5.74) is 0.0788. The topological polar surface area (TPSA) is 61.4 Å². The molecule has 0 spiro atoms. The standard InChI is InChI=1S/C12H17N3O2S2/c1-12(2,3)13-19(16,17)11-7-5-4-6-10(11)15-8-9-18-14-15/h4-9,13-14H,1-3H3. The largest absolute Gasteiger partial charge is 0.272 e. The highest BCUT2D eigenvalue weighted by molar-refractivity contribution is 8.00. The minimum Gasteiger partial charge on any atom is -0.272 e. The third-order valence-corrected chi connectivity index (χ3v) is 4.65. The maximum atomic E-state index is 12.4. The van der Waals surface area contributed by atoms with Crippen LogP contribution in [0, 0.1) is 0 Å². The molecule has 2 rings (SSSR count). The molecule has 0 saturated heterocycles. The summed E-state index contributed by atoms with van der Waals surface area (Å²) in [6.45, 7) is 5.45. The Morgan fingerprint density at radius 2 is 1.95 bits per heavy atom. The summed E-state index contributed by atoms with van der Waals surface area (Å²) in [7, 11) is -3.56. The Bertz CT molecular complexity index is 591. The fourth-order valence-corrected chi connectivity index (χ4v) is 3.81. The third-order valence-electron chi connectivity index (χ3n) is 2.28. The number of benzene rings is 1. The molecule has 19 heavy (non-hydrogen) atoms. The van der Waals surface area contributed by atoms with E-state index in [0.29, 0.717) is 5.69 Å². The molecule has 0 unspecified atom stereocenters. The number of hydrazine groups is 1. The van der Waals surface area contributed by atoms with Crippen LogP contribution in [0.3, 0.4) is 0 Å². The highest BCUT2D eigenvalue weighted by Crippen LogP contribution is 2.28. The zero-order valence-electron chi connectivity index (χ0n) is 11.0. The lowest BCUT2D eigenvalue weighted by Crippen LogP contribution is -2.41. The van der Waals surface area contributed by atoms with Gasteiger partial charge in [0, 0.05) is 17.1 Å². The van der Waals surface area contributed by atoms with E-state index in [4.69, 9.17) is 0 Å². The molecule has 0 atom stereocenters. The second-order valence-electron chi connectivity index (χ2n) is 5.19. The molecular formula is C12H17N3O2S2. The van der Waals surface area contributed by atoms with Crippen molar-refractivity contribution in [2.24, 2.45) is 0 Å². The Morgan fingerprint density at radius 3 is 2.53 bits per heavy atom. The quantitative estimate of drug-likeness (QED) is 0.838. The number of sulfonamides is 1. The molecular weight excluding hydrogens is 282 g/mol. The van der Waals surface area contributed by atoms with Gasteiger partial charge in [-0.05, 0) is 44.9 Å². The lowest BCUT2D eigenvalue weighted by molar-refractivity contribution is 0.491.